The van der Waals surface area contributed by atoms with Crippen molar-refractivity contribution in [2.24, 2.45) is 5.41 Å². The van der Waals surface area contributed by atoms with Gasteiger partial charge in [-0.1, -0.05) is 13.3 Å². The first-order valence-corrected chi connectivity index (χ1v) is 5.86. The molecule has 3 rings (SSSR count). The molecule has 1 atom stereocenters. The molecule has 0 N–H and O–H groups in total. The predicted octanol–water partition coefficient (Wildman–Crippen LogP) is 3.89. The van der Waals surface area contributed by atoms with Gasteiger partial charge in [0.2, 0.25) is 0 Å². The second-order valence-electron chi connectivity index (χ2n) is 5.26. The van der Waals surface area contributed by atoms with E-state index >= 15 is 0 Å². The van der Waals surface area contributed by atoms with E-state index < -0.39 is 0 Å². The summed E-state index contributed by atoms with van der Waals surface area (Å²) in [5, 5.41) is 0. The zero-order chi connectivity index (χ0) is 9.60. The van der Waals surface area contributed by atoms with Gasteiger partial charge in [-0.2, -0.15) is 0 Å². The summed E-state index contributed by atoms with van der Waals surface area (Å²) in [7, 11) is 0. The molecule has 0 bridgehead atoms. The average molecular weight is 190 g/mol. The number of fused-ring (bicyclic) bond motifs is 1. The maximum Gasteiger partial charge on any atom is 0.110 e. The van der Waals surface area contributed by atoms with Crippen molar-refractivity contribution >= 4 is 0 Å². The van der Waals surface area contributed by atoms with Crippen LogP contribution in [0.5, 0.6) is 0 Å². The largest absolute Gasteiger partial charge is 0.469 e. The minimum Gasteiger partial charge on any atom is -0.469 e. The molecule has 1 heterocycles. The fourth-order valence-electron chi connectivity index (χ4n) is 2.87. The van der Waals surface area contributed by atoms with Crippen molar-refractivity contribution in [1.29, 1.82) is 0 Å². The Labute approximate surface area is 85.5 Å². The van der Waals surface area contributed by atoms with E-state index in [4.69, 9.17) is 4.42 Å². The number of hydrogen-bond donors (Lipinski definition) is 0. The molecule has 0 radical (unpaired) electrons. The van der Waals surface area contributed by atoms with Crippen LogP contribution in [0.4, 0.5) is 0 Å². The van der Waals surface area contributed by atoms with Gasteiger partial charge in [0.05, 0.1) is 6.26 Å². The molecule has 1 saturated carbocycles. The van der Waals surface area contributed by atoms with E-state index in [0.717, 1.165) is 5.92 Å². The molecule has 0 amide bonds. The number of hydrogen-bond acceptors (Lipinski definition) is 1. The molecule has 14 heavy (non-hydrogen) atoms. The molecule has 1 unspecified atom stereocenters. The zero-order valence-electron chi connectivity index (χ0n) is 8.88. The molecule has 0 spiro atoms. The number of rotatable bonds is 1. The molecule has 1 fully saturated rings. The van der Waals surface area contributed by atoms with E-state index in [1.807, 2.05) is 6.26 Å². The standard InChI is InChI=1S/C13H18O/c1-13(7-8-13)11-5-3-2-4-10-6-9-14-12(10)11/h6,9,11H,2-5,7-8H2,1H3. The lowest BCUT2D eigenvalue weighted by Crippen LogP contribution is -2.09. The van der Waals surface area contributed by atoms with Crippen LogP contribution >= 0.6 is 0 Å². The fourth-order valence-corrected chi connectivity index (χ4v) is 2.87. The Morgan fingerprint density at radius 1 is 1.36 bits per heavy atom. The molecule has 1 aromatic heterocycles. The number of aryl methyl sites for hydroxylation is 1. The van der Waals surface area contributed by atoms with Crippen molar-refractivity contribution < 1.29 is 4.42 Å². The molecule has 2 aliphatic carbocycles. The van der Waals surface area contributed by atoms with E-state index in [1.165, 1.54) is 49.8 Å². The Balaban J connectivity index is 1.98. The van der Waals surface area contributed by atoms with Gasteiger partial charge in [-0.05, 0) is 49.1 Å². The van der Waals surface area contributed by atoms with Gasteiger partial charge in [-0.15, -0.1) is 0 Å². The highest BCUT2D eigenvalue weighted by Gasteiger charge is 2.47. The summed E-state index contributed by atoms with van der Waals surface area (Å²) < 4.78 is 5.72. The summed E-state index contributed by atoms with van der Waals surface area (Å²) in [5.41, 5.74) is 2.07. The Morgan fingerprint density at radius 2 is 2.21 bits per heavy atom. The first-order chi connectivity index (χ1) is 6.80. The van der Waals surface area contributed by atoms with Crippen LogP contribution in [0.1, 0.15) is 56.3 Å². The monoisotopic (exact) mass is 190 g/mol. The third kappa shape index (κ3) is 1.22. The summed E-state index contributed by atoms with van der Waals surface area (Å²) in [6.45, 7) is 2.43. The van der Waals surface area contributed by atoms with Gasteiger partial charge in [0, 0.05) is 5.92 Å². The molecule has 0 aliphatic heterocycles. The molecule has 1 nitrogen and oxygen atoms in total. The lowest BCUT2D eigenvalue weighted by atomic mass is 9.85. The van der Waals surface area contributed by atoms with Crippen LogP contribution in [-0.4, -0.2) is 0 Å². The van der Waals surface area contributed by atoms with Crippen molar-refractivity contribution in [2.45, 2.75) is 51.4 Å². The van der Waals surface area contributed by atoms with Crippen LogP contribution in [0, 0.1) is 5.41 Å². The Kier molecular flexibility index (Phi) is 1.77. The lowest BCUT2D eigenvalue weighted by Gasteiger charge is -2.20. The van der Waals surface area contributed by atoms with Crippen molar-refractivity contribution in [1.82, 2.24) is 0 Å². The van der Waals surface area contributed by atoms with Crippen LogP contribution in [0.15, 0.2) is 16.7 Å². The highest BCUT2D eigenvalue weighted by molar-refractivity contribution is 5.26. The third-order valence-electron chi connectivity index (χ3n) is 4.17. The van der Waals surface area contributed by atoms with Gasteiger partial charge in [0.15, 0.2) is 0 Å². The van der Waals surface area contributed by atoms with Crippen LogP contribution in [0.25, 0.3) is 0 Å². The Morgan fingerprint density at radius 3 is 3.00 bits per heavy atom. The van der Waals surface area contributed by atoms with Gasteiger partial charge < -0.3 is 4.42 Å². The smallest absolute Gasteiger partial charge is 0.110 e. The number of furan rings is 1. The minimum atomic E-state index is 0.580. The van der Waals surface area contributed by atoms with Crippen molar-refractivity contribution in [3.63, 3.8) is 0 Å². The second-order valence-corrected chi connectivity index (χ2v) is 5.26. The molecular weight excluding hydrogens is 172 g/mol. The maximum atomic E-state index is 5.72. The normalized spacial score (nSPS) is 29.4. The molecule has 76 valence electrons. The van der Waals surface area contributed by atoms with Crippen LogP contribution in [0.2, 0.25) is 0 Å². The van der Waals surface area contributed by atoms with E-state index in [2.05, 4.69) is 13.0 Å². The van der Waals surface area contributed by atoms with Gasteiger partial charge in [-0.25, -0.2) is 0 Å². The first-order valence-electron chi connectivity index (χ1n) is 5.86. The summed E-state index contributed by atoms with van der Waals surface area (Å²) >= 11 is 0. The van der Waals surface area contributed by atoms with E-state index in [1.54, 1.807) is 0 Å². The molecule has 1 heteroatoms. The van der Waals surface area contributed by atoms with Crippen LogP contribution in [0.3, 0.4) is 0 Å². The van der Waals surface area contributed by atoms with Gasteiger partial charge in [0.1, 0.15) is 5.76 Å². The summed E-state index contributed by atoms with van der Waals surface area (Å²) in [6.07, 6.45) is 9.99. The van der Waals surface area contributed by atoms with Crippen LogP contribution < -0.4 is 0 Å². The molecule has 0 saturated heterocycles. The maximum absolute atomic E-state index is 5.72. The van der Waals surface area contributed by atoms with Crippen molar-refractivity contribution in [3.8, 4) is 0 Å². The average Bonchev–Trinajstić information content (AvgIpc) is 2.82. The highest BCUT2D eigenvalue weighted by atomic mass is 16.3. The fraction of sp³-hybridized carbons (Fsp3) is 0.692. The minimum absolute atomic E-state index is 0.580. The van der Waals surface area contributed by atoms with E-state index in [9.17, 15) is 0 Å². The third-order valence-corrected chi connectivity index (χ3v) is 4.17. The summed E-state index contributed by atoms with van der Waals surface area (Å²) in [5.74, 6) is 2.04. The lowest BCUT2D eigenvalue weighted by molar-refractivity contribution is 0.342. The molecule has 2 aliphatic rings. The van der Waals surface area contributed by atoms with Gasteiger partial charge in [-0.3, -0.25) is 0 Å². The van der Waals surface area contributed by atoms with Crippen molar-refractivity contribution in [3.05, 3.63) is 23.7 Å². The first kappa shape index (κ1) is 8.58. The topological polar surface area (TPSA) is 13.1 Å². The van der Waals surface area contributed by atoms with Crippen LogP contribution in [-0.2, 0) is 6.42 Å². The second kappa shape index (κ2) is 2.88. The molecule has 1 aromatic rings. The Hall–Kier alpha value is -0.720. The van der Waals surface area contributed by atoms with Crippen molar-refractivity contribution in [2.75, 3.05) is 0 Å². The predicted molar refractivity (Wildman–Crippen MR) is 56.3 cm³/mol. The Bertz CT molecular complexity index is 333. The molecule has 0 aromatic carbocycles. The SMILES string of the molecule is CC1(C2CCCCc3ccoc32)CC1. The van der Waals surface area contributed by atoms with E-state index in [0.29, 0.717) is 5.41 Å². The highest BCUT2D eigenvalue weighted by Crippen LogP contribution is 2.58. The quantitative estimate of drug-likeness (QED) is 0.612. The van der Waals surface area contributed by atoms with E-state index in [-0.39, 0.29) is 0 Å². The zero-order valence-corrected chi connectivity index (χ0v) is 8.88. The van der Waals surface area contributed by atoms with Gasteiger partial charge in [0.25, 0.3) is 0 Å². The molecular formula is C13H18O. The van der Waals surface area contributed by atoms with Gasteiger partial charge >= 0.3 is 0 Å². The summed E-state index contributed by atoms with van der Waals surface area (Å²) in [4.78, 5) is 0. The summed E-state index contributed by atoms with van der Waals surface area (Å²) in [6, 6.07) is 2.18.